The molecular formula is C11H17ClN4. The molecule has 1 fully saturated rings. The van der Waals surface area contributed by atoms with Crippen LogP contribution in [0.5, 0.6) is 0 Å². The summed E-state index contributed by atoms with van der Waals surface area (Å²) in [4.78, 5) is 8.78. The molecule has 0 aliphatic carbocycles. The summed E-state index contributed by atoms with van der Waals surface area (Å²) >= 11 is 5.90. The van der Waals surface area contributed by atoms with Gasteiger partial charge >= 0.3 is 0 Å². The highest BCUT2D eigenvalue weighted by Gasteiger charge is 2.25. The van der Waals surface area contributed by atoms with Crippen LogP contribution in [0.15, 0.2) is 12.1 Å². The molecule has 1 atom stereocenters. The lowest BCUT2D eigenvalue weighted by Crippen LogP contribution is -2.31. The minimum absolute atomic E-state index is 0.461. The lowest BCUT2D eigenvalue weighted by Gasteiger charge is -2.21. The number of nitrogen functional groups attached to an aromatic ring is 1. The van der Waals surface area contributed by atoms with E-state index in [0.29, 0.717) is 16.9 Å². The molecule has 4 nitrogen and oxygen atoms in total. The van der Waals surface area contributed by atoms with E-state index in [1.165, 1.54) is 0 Å². The zero-order valence-corrected chi connectivity index (χ0v) is 10.4. The number of rotatable bonds is 2. The highest BCUT2D eigenvalue weighted by atomic mass is 35.5. The Morgan fingerprint density at radius 3 is 2.81 bits per heavy atom. The van der Waals surface area contributed by atoms with Crippen LogP contribution in [0.1, 0.15) is 6.42 Å². The van der Waals surface area contributed by atoms with E-state index in [1.807, 2.05) is 6.07 Å². The number of halogens is 1. The molecule has 16 heavy (non-hydrogen) atoms. The van der Waals surface area contributed by atoms with Gasteiger partial charge in [-0.15, -0.1) is 0 Å². The first-order valence-corrected chi connectivity index (χ1v) is 5.78. The van der Waals surface area contributed by atoms with Gasteiger partial charge in [0.15, 0.2) is 0 Å². The molecule has 1 aliphatic heterocycles. The molecule has 1 aromatic heterocycles. The second-order valence-corrected chi connectivity index (χ2v) is 4.82. The Kier molecular flexibility index (Phi) is 3.21. The fraction of sp³-hybridized carbons (Fsp3) is 0.545. The summed E-state index contributed by atoms with van der Waals surface area (Å²) < 4.78 is 0. The maximum absolute atomic E-state index is 5.90. The Bertz CT molecular complexity index is 360. The van der Waals surface area contributed by atoms with Gasteiger partial charge in [-0.1, -0.05) is 11.6 Å². The first kappa shape index (κ1) is 11.5. The molecule has 0 spiro atoms. The predicted octanol–water partition coefficient (Wildman–Crippen LogP) is 1.46. The Hall–Kier alpha value is -1.00. The van der Waals surface area contributed by atoms with Crippen LogP contribution in [0.4, 0.5) is 11.5 Å². The van der Waals surface area contributed by atoms with Gasteiger partial charge in [-0.25, -0.2) is 4.98 Å². The third kappa shape index (κ3) is 2.39. The van der Waals surface area contributed by atoms with Gasteiger partial charge in [-0.2, -0.15) is 0 Å². The van der Waals surface area contributed by atoms with E-state index in [0.717, 1.165) is 25.3 Å². The van der Waals surface area contributed by atoms with E-state index < -0.39 is 0 Å². The number of pyridine rings is 1. The molecule has 0 bridgehead atoms. The van der Waals surface area contributed by atoms with Gasteiger partial charge in [0.2, 0.25) is 0 Å². The summed E-state index contributed by atoms with van der Waals surface area (Å²) in [5, 5.41) is 0.461. The normalized spacial score (nSPS) is 20.8. The van der Waals surface area contributed by atoms with Crippen molar-refractivity contribution in [1.29, 1.82) is 0 Å². The molecule has 1 unspecified atom stereocenters. The Morgan fingerprint density at radius 1 is 1.50 bits per heavy atom. The van der Waals surface area contributed by atoms with Crippen molar-refractivity contribution >= 4 is 23.1 Å². The number of hydrogen-bond donors (Lipinski definition) is 1. The maximum atomic E-state index is 5.90. The van der Waals surface area contributed by atoms with Crippen LogP contribution in [0, 0.1) is 0 Å². The molecule has 1 aromatic rings. The van der Waals surface area contributed by atoms with Crippen LogP contribution in [-0.2, 0) is 0 Å². The van der Waals surface area contributed by atoms with Crippen LogP contribution in [0.25, 0.3) is 0 Å². The third-order valence-corrected chi connectivity index (χ3v) is 3.21. The minimum atomic E-state index is 0.461. The number of aromatic nitrogens is 1. The first-order chi connectivity index (χ1) is 7.56. The smallest absolute Gasteiger partial charge is 0.133 e. The van der Waals surface area contributed by atoms with Crippen molar-refractivity contribution in [2.45, 2.75) is 12.5 Å². The van der Waals surface area contributed by atoms with Crippen LogP contribution >= 0.6 is 11.6 Å². The highest BCUT2D eigenvalue weighted by Crippen LogP contribution is 2.24. The van der Waals surface area contributed by atoms with Crippen molar-refractivity contribution in [2.24, 2.45) is 0 Å². The Morgan fingerprint density at radius 2 is 2.25 bits per heavy atom. The molecule has 2 N–H and O–H groups in total. The van der Waals surface area contributed by atoms with E-state index >= 15 is 0 Å². The van der Waals surface area contributed by atoms with Crippen molar-refractivity contribution in [3.05, 3.63) is 17.3 Å². The van der Waals surface area contributed by atoms with Crippen molar-refractivity contribution in [1.82, 2.24) is 9.88 Å². The molecule has 0 amide bonds. The van der Waals surface area contributed by atoms with Gasteiger partial charge in [0.05, 0.1) is 0 Å². The van der Waals surface area contributed by atoms with Gasteiger partial charge in [-0.05, 0) is 26.6 Å². The van der Waals surface area contributed by atoms with E-state index in [4.69, 9.17) is 17.3 Å². The summed E-state index contributed by atoms with van der Waals surface area (Å²) in [6.07, 6.45) is 1.15. The SMILES string of the molecule is CN(C)C1CCN(c2cc(N)cc(Cl)n2)C1. The molecule has 0 radical (unpaired) electrons. The van der Waals surface area contributed by atoms with Crippen LogP contribution in [0.3, 0.4) is 0 Å². The monoisotopic (exact) mass is 240 g/mol. The number of likely N-dealkylation sites (N-methyl/N-ethyl adjacent to an activating group) is 1. The third-order valence-electron chi connectivity index (χ3n) is 3.02. The van der Waals surface area contributed by atoms with Crippen LogP contribution in [-0.4, -0.2) is 43.1 Å². The molecule has 5 heteroatoms. The van der Waals surface area contributed by atoms with E-state index in [-0.39, 0.29) is 0 Å². The first-order valence-electron chi connectivity index (χ1n) is 5.40. The number of hydrogen-bond acceptors (Lipinski definition) is 4. The summed E-state index contributed by atoms with van der Waals surface area (Å²) in [5.41, 5.74) is 6.43. The molecule has 88 valence electrons. The molecular weight excluding hydrogens is 224 g/mol. The average Bonchev–Trinajstić information content (AvgIpc) is 2.64. The second-order valence-electron chi connectivity index (χ2n) is 4.43. The van der Waals surface area contributed by atoms with Crippen molar-refractivity contribution in [2.75, 3.05) is 37.8 Å². The van der Waals surface area contributed by atoms with Crippen molar-refractivity contribution in [3.8, 4) is 0 Å². The van der Waals surface area contributed by atoms with Gasteiger partial charge < -0.3 is 15.5 Å². The standard InChI is InChI=1S/C11H17ClN4/c1-15(2)9-3-4-16(7-9)11-6-8(13)5-10(12)14-11/h5-6,9H,3-4,7H2,1-2H3,(H2,13,14). The molecule has 1 aliphatic rings. The number of nitrogens with two attached hydrogens (primary N) is 1. The lowest BCUT2D eigenvalue weighted by molar-refractivity contribution is 0.315. The minimum Gasteiger partial charge on any atom is -0.399 e. The van der Waals surface area contributed by atoms with E-state index in [2.05, 4.69) is 28.9 Å². The molecule has 0 saturated carbocycles. The average molecular weight is 241 g/mol. The van der Waals surface area contributed by atoms with E-state index in [9.17, 15) is 0 Å². The quantitative estimate of drug-likeness (QED) is 0.795. The van der Waals surface area contributed by atoms with Crippen molar-refractivity contribution in [3.63, 3.8) is 0 Å². The largest absolute Gasteiger partial charge is 0.399 e. The molecule has 1 saturated heterocycles. The van der Waals surface area contributed by atoms with Gasteiger partial charge in [0, 0.05) is 30.9 Å². The predicted molar refractivity (Wildman–Crippen MR) is 68.0 cm³/mol. The summed E-state index contributed by atoms with van der Waals surface area (Å²) in [6.45, 7) is 2.00. The number of nitrogens with zero attached hydrogens (tertiary/aromatic N) is 3. The van der Waals surface area contributed by atoms with Gasteiger partial charge in [-0.3, -0.25) is 0 Å². The molecule has 0 aromatic carbocycles. The highest BCUT2D eigenvalue weighted by molar-refractivity contribution is 6.29. The zero-order valence-electron chi connectivity index (χ0n) is 9.65. The molecule has 2 rings (SSSR count). The fourth-order valence-corrected chi connectivity index (χ4v) is 2.25. The van der Waals surface area contributed by atoms with Gasteiger partial charge in [0.25, 0.3) is 0 Å². The Labute approximate surface area is 101 Å². The van der Waals surface area contributed by atoms with Gasteiger partial charge in [0.1, 0.15) is 11.0 Å². The second kappa shape index (κ2) is 4.47. The topological polar surface area (TPSA) is 45.4 Å². The van der Waals surface area contributed by atoms with Crippen molar-refractivity contribution < 1.29 is 0 Å². The lowest BCUT2D eigenvalue weighted by atomic mass is 10.2. The summed E-state index contributed by atoms with van der Waals surface area (Å²) in [6, 6.07) is 4.14. The summed E-state index contributed by atoms with van der Waals surface area (Å²) in [7, 11) is 4.21. The molecule has 2 heterocycles. The van der Waals surface area contributed by atoms with E-state index in [1.54, 1.807) is 6.07 Å². The van der Waals surface area contributed by atoms with Crippen LogP contribution < -0.4 is 10.6 Å². The zero-order chi connectivity index (χ0) is 11.7. The summed E-state index contributed by atoms with van der Waals surface area (Å²) in [5.74, 6) is 0.884. The maximum Gasteiger partial charge on any atom is 0.133 e. The number of anilines is 2. The van der Waals surface area contributed by atoms with Crippen LogP contribution in [0.2, 0.25) is 5.15 Å². The Balaban J connectivity index is 2.14. The fourth-order valence-electron chi connectivity index (χ4n) is 2.04.